The first-order valence-electron chi connectivity index (χ1n) is 7.58. The first-order chi connectivity index (χ1) is 10.3. The van der Waals surface area contributed by atoms with Crippen LogP contribution in [-0.4, -0.2) is 29.2 Å². The minimum Gasteiger partial charge on any atom is -0.486 e. The summed E-state index contributed by atoms with van der Waals surface area (Å²) in [7, 11) is 0. The third kappa shape index (κ3) is 3.79. The van der Waals surface area contributed by atoms with Crippen LogP contribution >= 0.6 is 0 Å². The van der Waals surface area contributed by atoms with Crippen LogP contribution in [0.2, 0.25) is 0 Å². The van der Waals surface area contributed by atoms with Crippen molar-refractivity contribution in [2.45, 2.75) is 32.3 Å². The molecule has 0 saturated carbocycles. The van der Waals surface area contributed by atoms with Crippen LogP contribution in [0.4, 0.5) is 0 Å². The molecule has 1 N–H and O–H groups in total. The van der Waals surface area contributed by atoms with Crippen LogP contribution in [0.15, 0.2) is 36.7 Å². The molecule has 1 aromatic heterocycles. The Morgan fingerprint density at radius 1 is 1.19 bits per heavy atom. The van der Waals surface area contributed by atoms with E-state index in [9.17, 15) is 0 Å². The fraction of sp³-hybridized carbons (Fsp3) is 0.412. The first kappa shape index (κ1) is 14.0. The third-order valence-electron chi connectivity index (χ3n) is 3.71. The standard InChI is InChI=1S/C17H21N3O/c1-13-5-4-6-14(9-13)17-19-11-16(12-20-17)21-15-7-2-3-8-18-10-15/h4-6,9,11-12,15,18H,2-3,7-8,10H2,1H3. The van der Waals surface area contributed by atoms with E-state index >= 15 is 0 Å². The van der Waals surface area contributed by atoms with Gasteiger partial charge in [-0.25, -0.2) is 9.97 Å². The summed E-state index contributed by atoms with van der Waals surface area (Å²) < 4.78 is 5.96. The minimum atomic E-state index is 0.223. The van der Waals surface area contributed by atoms with Crippen molar-refractivity contribution in [1.82, 2.24) is 15.3 Å². The summed E-state index contributed by atoms with van der Waals surface area (Å²) in [5.74, 6) is 1.49. The zero-order valence-corrected chi connectivity index (χ0v) is 12.4. The molecule has 1 unspecified atom stereocenters. The molecule has 4 heteroatoms. The highest BCUT2D eigenvalue weighted by Crippen LogP contribution is 2.19. The van der Waals surface area contributed by atoms with E-state index in [1.54, 1.807) is 12.4 Å². The molecule has 1 aliphatic heterocycles. The molecular formula is C17H21N3O. The summed E-state index contributed by atoms with van der Waals surface area (Å²) in [6.45, 7) is 4.06. The minimum absolute atomic E-state index is 0.223. The Morgan fingerprint density at radius 2 is 2.05 bits per heavy atom. The predicted molar refractivity (Wildman–Crippen MR) is 83.3 cm³/mol. The summed E-state index contributed by atoms with van der Waals surface area (Å²) in [5.41, 5.74) is 2.25. The number of aromatic nitrogens is 2. The quantitative estimate of drug-likeness (QED) is 0.940. The van der Waals surface area contributed by atoms with E-state index in [1.807, 2.05) is 12.1 Å². The van der Waals surface area contributed by atoms with Crippen molar-refractivity contribution in [2.75, 3.05) is 13.1 Å². The summed E-state index contributed by atoms with van der Waals surface area (Å²) in [6, 6.07) is 8.21. The number of benzene rings is 1. The average Bonchev–Trinajstić information content (AvgIpc) is 2.77. The molecule has 0 radical (unpaired) electrons. The van der Waals surface area contributed by atoms with Crippen molar-refractivity contribution in [1.29, 1.82) is 0 Å². The van der Waals surface area contributed by atoms with Crippen molar-refractivity contribution in [2.24, 2.45) is 0 Å². The lowest BCUT2D eigenvalue weighted by molar-refractivity contribution is 0.193. The van der Waals surface area contributed by atoms with Gasteiger partial charge >= 0.3 is 0 Å². The first-order valence-corrected chi connectivity index (χ1v) is 7.58. The lowest BCUT2D eigenvalue weighted by Crippen LogP contribution is -2.29. The van der Waals surface area contributed by atoms with Crippen LogP contribution in [0.25, 0.3) is 11.4 Å². The molecule has 4 nitrogen and oxygen atoms in total. The monoisotopic (exact) mass is 283 g/mol. The van der Waals surface area contributed by atoms with Gasteiger partial charge in [0.25, 0.3) is 0 Å². The molecule has 1 fully saturated rings. The Kier molecular flexibility index (Phi) is 4.46. The van der Waals surface area contributed by atoms with Gasteiger partial charge in [-0.15, -0.1) is 0 Å². The molecule has 2 heterocycles. The number of nitrogens with zero attached hydrogens (tertiary/aromatic N) is 2. The third-order valence-corrected chi connectivity index (χ3v) is 3.71. The molecular weight excluding hydrogens is 262 g/mol. The Hall–Kier alpha value is -1.94. The Morgan fingerprint density at radius 3 is 2.86 bits per heavy atom. The van der Waals surface area contributed by atoms with E-state index < -0.39 is 0 Å². The summed E-state index contributed by atoms with van der Waals surface area (Å²) in [4.78, 5) is 8.84. The van der Waals surface area contributed by atoms with Crippen LogP contribution in [0.3, 0.4) is 0 Å². The molecule has 1 atom stereocenters. The van der Waals surface area contributed by atoms with Gasteiger partial charge in [-0.05, 0) is 38.8 Å². The molecule has 0 aliphatic carbocycles. The Balaban J connectivity index is 1.69. The van der Waals surface area contributed by atoms with E-state index in [2.05, 4.69) is 34.3 Å². The van der Waals surface area contributed by atoms with Crippen molar-refractivity contribution >= 4 is 0 Å². The topological polar surface area (TPSA) is 47.0 Å². The van der Waals surface area contributed by atoms with Crippen LogP contribution in [0.5, 0.6) is 5.75 Å². The highest BCUT2D eigenvalue weighted by molar-refractivity contribution is 5.55. The van der Waals surface area contributed by atoms with Crippen molar-refractivity contribution < 1.29 is 4.74 Å². The molecule has 2 aromatic rings. The summed E-state index contributed by atoms with van der Waals surface area (Å²) >= 11 is 0. The molecule has 0 spiro atoms. The Bertz CT molecular complexity index is 575. The molecule has 1 saturated heterocycles. The van der Waals surface area contributed by atoms with E-state index in [1.165, 1.54) is 18.4 Å². The van der Waals surface area contributed by atoms with E-state index in [4.69, 9.17) is 4.74 Å². The van der Waals surface area contributed by atoms with Gasteiger partial charge in [0.05, 0.1) is 12.4 Å². The molecule has 21 heavy (non-hydrogen) atoms. The molecule has 3 rings (SSSR count). The molecule has 1 aliphatic rings. The highest BCUT2D eigenvalue weighted by atomic mass is 16.5. The number of ether oxygens (including phenoxy) is 1. The Labute approximate surface area is 125 Å². The second-order valence-corrected chi connectivity index (χ2v) is 5.55. The smallest absolute Gasteiger partial charge is 0.159 e. The number of hydrogen-bond donors (Lipinski definition) is 1. The average molecular weight is 283 g/mol. The van der Waals surface area contributed by atoms with Crippen molar-refractivity contribution in [3.63, 3.8) is 0 Å². The number of aryl methyl sites for hydroxylation is 1. The lowest BCUT2D eigenvalue weighted by atomic mass is 10.1. The maximum Gasteiger partial charge on any atom is 0.159 e. The van der Waals surface area contributed by atoms with Gasteiger partial charge in [-0.1, -0.05) is 23.8 Å². The lowest BCUT2D eigenvalue weighted by Gasteiger charge is -2.16. The number of hydrogen-bond acceptors (Lipinski definition) is 4. The number of nitrogens with one attached hydrogen (secondary N) is 1. The van der Waals surface area contributed by atoms with Crippen molar-refractivity contribution in [3.05, 3.63) is 42.2 Å². The molecule has 0 amide bonds. The predicted octanol–water partition coefficient (Wildman–Crippen LogP) is 2.97. The molecule has 110 valence electrons. The maximum atomic E-state index is 5.96. The normalized spacial score (nSPS) is 19.0. The van der Waals surface area contributed by atoms with E-state index in [0.29, 0.717) is 0 Å². The van der Waals surface area contributed by atoms with Gasteiger partial charge in [0.2, 0.25) is 0 Å². The zero-order valence-electron chi connectivity index (χ0n) is 12.4. The van der Waals surface area contributed by atoms with Gasteiger partial charge in [0.15, 0.2) is 11.6 Å². The van der Waals surface area contributed by atoms with Crippen LogP contribution in [0.1, 0.15) is 24.8 Å². The second-order valence-electron chi connectivity index (χ2n) is 5.55. The molecule has 1 aromatic carbocycles. The van der Waals surface area contributed by atoms with Crippen LogP contribution in [-0.2, 0) is 0 Å². The van der Waals surface area contributed by atoms with Gasteiger partial charge in [0.1, 0.15) is 6.10 Å². The van der Waals surface area contributed by atoms with Gasteiger partial charge in [-0.3, -0.25) is 0 Å². The summed E-state index contributed by atoms with van der Waals surface area (Å²) in [5, 5.41) is 3.40. The highest BCUT2D eigenvalue weighted by Gasteiger charge is 2.13. The maximum absolute atomic E-state index is 5.96. The van der Waals surface area contributed by atoms with E-state index in [-0.39, 0.29) is 6.10 Å². The van der Waals surface area contributed by atoms with Gasteiger partial charge < -0.3 is 10.1 Å². The number of rotatable bonds is 3. The fourth-order valence-corrected chi connectivity index (χ4v) is 2.59. The molecule has 0 bridgehead atoms. The largest absolute Gasteiger partial charge is 0.486 e. The second kappa shape index (κ2) is 6.68. The zero-order chi connectivity index (χ0) is 14.5. The van der Waals surface area contributed by atoms with E-state index in [0.717, 1.165) is 36.6 Å². The van der Waals surface area contributed by atoms with Gasteiger partial charge in [-0.2, -0.15) is 0 Å². The van der Waals surface area contributed by atoms with Gasteiger partial charge in [0, 0.05) is 12.1 Å². The van der Waals surface area contributed by atoms with Crippen LogP contribution < -0.4 is 10.1 Å². The summed E-state index contributed by atoms with van der Waals surface area (Å²) in [6.07, 6.45) is 7.29. The van der Waals surface area contributed by atoms with Crippen LogP contribution in [0, 0.1) is 6.92 Å². The van der Waals surface area contributed by atoms with Crippen molar-refractivity contribution in [3.8, 4) is 17.1 Å². The SMILES string of the molecule is Cc1cccc(-c2ncc(OC3CCCCNC3)cn2)c1. The fourth-order valence-electron chi connectivity index (χ4n) is 2.59.